The molecule has 0 bridgehead atoms. The lowest BCUT2D eigenvalue weighted by molar-refractivity contribution is 0.0947. The summed E-state index contributed by atoms with van der Waals surface area (Å²) in [6.45, 7) is 4.21. The lowest BCUT2D eigenvalue weighted by Gasteiger charge is -2.39. The molecule has 1 aromatic heterocycles. The maximum atomic E-state index is 13.0. The number of hydrogen-bond acceptors (Lipinski definition) is 2. The molecule has 0 aliphatic carbocycles. The number of rotatable bonds is 2. The fraction of sp³-hybridized carbons (Fsp3) is 0.227. The Balaban J connectivity index is 1.83. The van der Waals surface area contributed by atoms with Gasteiger partial charge in [0.2, 0.25) is 0 Å². The maximum Gasteiger partial charge on any atom is 0.294 e. The molecular formula is C22H21NO2. The minimum Gasteiger partial charge on any atom is -0.459 e. The molecular weight excluding hydrogens is 310 g/mol. The number of amides is 1. The highest BCUT2D eigenvalue weighted by Crippen LogP contribution is 2.43. The summed E-state index contributed by atoms with van der Waals surface area (Å²) in [7, 11) is 0. The van der Waals surface area contributed by atoms with Crippen LogP contribution in [0, 0.1) is 6.92 Å². The van der Waals surface area contributed by atoms with Crippen molar-refractivity contribution >= 4 is 11.6 Å². The summed E-state index contributed by atoms with van der Waals surface area (Å²) < 4.78 is 5.36. The minimum atomic E-state index is -0.0749. The van der Waals surface area contributed by atoms with Crippen LogP contribution in [0.3, 0.4) is 0 Å². The molecule has 1 amide bonds. The van der Waals surface area contributed by atoms with Gasteiger partial charge in [-0.1, -0.05) is 48.0 Å². The van der Waals surface area contributed by atoms with Crippen molar-refractivity contribution in [1.82, 2.24) is 0 Å². The smallest absolute Gasteiger partial charge is 0.294 e. The Morgan fingerprint density at radius 1 is 1.08 bits per heavy atom. The number of hydrogen-bond donors (Lipinski definition) is 0. The van der Waals surface area contributed by atoms with Crippen LogP contribution in [0.4, 0.5) is 5.69 Å². The molecule has 1 aliphatic heterocycles. The van der Waals surface area contributed by atoms with E-state index in [1.54, 1.807) is 18.4 Å². The van der Waals surface area contributed by atoms with Crippen molar-refractivity contribution in [3.63, 3.8) is 0 Å². The van der Waals surface area contributed by atoms with E-state index in [-0.39, 0.29) is 11.9 Å². The monoisotopic (exact) mass is 331 g/mol. The van der Waals surface area contributed by atoms with Crippen molar-refractivity contribution in [2.24, 2.45) is 0 Å². The molecule has 2 heterocycles. The Morgan fingerprint density at radius 3 is 2.60 bits per heavy atom. The van der Waals surface area contributed by atoms with Crippen molar-refractivity contribution in [3.8, 4) is 0 Å². The molecule has 3 heteroatoms. The molecule has 126 valence electrons. The summed E-state index contributed by atoms with van der Waals surface area (Å²) in [5, 5.41) is 0. The summed E-state index contributed by atoms with van der Waals surface area (Å²) in [5.41, 5.74) is 4.70. The highest BCUT2D eigenvalue weighted by atomic mass is 16.3. The molecule has 1 aliphatic rings. The molecule has 2 atom stereocenters. The van der Waals surface area contributed by atoms with Crippen LogP contribution in [0.5, 0.6) is 0 Å². The Bertz CT molecular complexity index is 884. The molecule has 25 heavy (non-hydrogen) atoms. The van der Waals surface area contributed by atoms with Gasteiger partial charge in [-0.05, 0) is 49.6 Å². The van der Waals surface area contributed by atoms with Gasteiger partial charge in [0.05, 0.1) is 6.26 Å². The summed E-state index contributed by atoms with van der Waals surface area (Å²) in [4.78, 5) is 14.9. The van der Waals surface area contributed by atoms with Gasteiger partial charge >= 0.3 is 0 Å². The summed E-state index contributed by atoms with van der Waals surface area (Å²) in [5.74, 6) is 0.609. The fourth-order valence-electron chi connectivity index (χ4n) is 3.81. The van der Waals surface area contributed by atoms with Gasteiger partial charge in [-0.3, -0.25) is 4.79 Å². The van der Waals surface area contributed by atoms with Crippen molar-refractivity contribution in [2.45, 2.75) is 32.2 Å². The predicted octanol–water partition coefficient (Wildman–Crippen LogP) is 5.16. The van der Waals surface area contributed by atoms with Gasteiger partial charge in [0.15, 0.2) is 5.76 Å². The molecule has 0 saturated carbocycles. The first-order chi connectivity index (χ1) is 12.1. The van der Waals surface area contributed by atoms with Crippen molar-refractivity contribution in [3.05, 3.63) is 89.4 Å². The SMILES string of the molecule is Cc1ccc2c(c1)[C@H](c1ccccc1)C[C@@H](C)N2C(=O)c1ccco1. The Labute approximate surface area is 147 Å². The van der Waals surface area contributed by atoms with Gasteiger partial charge in [0.1, 0.15) is 0 Å². The Hall–Kier alpha value is -2.81. The molecule has 0 radical (unpaired) electrons. The topological polar surface area (TPSA) is 33.5 Å². The van der Waals surface area contributed by atoms with E-state index in [9.17, 15) is 4.79 Å². The average molecular weight is 331 g/mol. The predicted molar refractivity (Wildman–Crippen MR) is 99.1 cm³/mol. The normalized spacial score (nSPS) is 19.5. The third-order valence-corrected chi connectivity index (χ3v) is 4.99. The van der Waals surface area contributed by atoms with Gasteiger partial charge in [-0.25, -0.2) is 0 Å². The number of fused-ring (bicyclic) bond motifs is 1. The van der Waals surface area contributed by atoms with Crippen LogP contribution in [-0.2, 0) is 0 Å². The quantitative estimate of drug-likeness (QED) is 0.650. The van der Waals surface area contributed by atoms with Crippen LogP contribution >= 0.6 is 0 Å². The number of nitrogens with zero attached hydrogens (tertiary/aromatic N) is 1. The molecule has 0 N–H and O–H groups in total. The van der Waals surface area contributed by atoms with Crippen LogP contribution in [0.1, 0.15) is 46.5 Å². The lowest BCUT2D eigenvalue weighted by atomic mass is 9.80. The first kappa shape index (κ1) is 15.7. The van der Waals surface area contributed by atoms with E-state index in [0.29, 0.717) is 11.7 Å². The number of carbonyl (C=O) groups is 1. The van der Waals surface area contributed by atoms with Crippen LogP contribution in [0.2, 0.25) is 0 Å². The number of benzene rings is 2. The van der Waals surface area contributed by atoms with Gasteiger partial charge in [-0.2, -0.15) is 0 Å². The van der Waals surface area contributed by atoms with Crippen molar-refractivity contribution < 1.29 is 9.21 Å². The molecule has 4 rings (SSSR count). The zero-order valence-electron chi connectivity index (χ0n) is 14.5. The third kappa shape index (κ3) is 2.76. The highest BCUT2D eigenvalue weighted by molar-refractivity contribution is 6.05. The van der Waals surface area contributed by atoms with E-state index in [1.165, 1.54) is 16.7 Å². The van der Waals surface area contributed by atoms with Crippen LogP contribution in [0.15, 0.2) is 71.3 Å². The molecule has 3 nitrogen and oxygen atoms in total. The first-order valence-electron chi connectivity index (χ1n) is 8.67. The van der Waals surface area contributed by atoms with Crippen LogP contribution in [-0.4, -0.2) is 11.9 Å². The summed E-state index contributed by atoms with van der Waals surface area (Å²) in [6.07, 6.45) is 2.44. The van der Waals surface area contributed by atoms with E-state index >= 15 is 0 Å². The molecule has 0 spiro atoms. The average Bonchev–Trinajstić information content (AvgIpc) is 3.16. The van der Waals surface area contributed by atoms with E-state index in [2.05, 4.69) is 56.3 Å². The van der Waals surface area contributed by atoms with Crippen LogP contribution in [0.25, 0.3) is 0 Å². The lowest BCUT2D eigenvalue weighted by Crippen LogP contribution is -2.43. The molecule has 2 aromatic carbocycles. The number of anilines is 1. The number of furan rings is 1. The van der Waals surface area contributed by atoms with Gasteiger partial charge in [-0.15, -0.1) is 0 Å². The molecule has 3 aromatic rings. The molecule has 0 saturated heterocycles. The number of carbonyl (C=O) groups excluding carboxylic acids is 1. The first-order valence-corrected chi connectivity index (χ1v) is 8.67. The van der Waals surface area contributed by atoms with E-state index in [0.717, 1.165) is 12.1 Å². The Kier molecular flexibility index (Phi) is 3.92. The van der Waals surface area contributed by atoms with E-state index < -0.39 is 0 Å². The maximum absolute atomic E-state index is 13.0. The standard InChI is InChI=1S/C22H21NO2/c1-15-10-11-20-19(13-15)18(17-7-4-3-5-8-17)14-16(2)23(20)22(24)21-9-6-12-25-21/h3-13,16,18H,14H2,1-2H3/t16-,18+/m1/s1. The fourth-order valence-corrected chi connectivity index (χ4v) is 3.81. The highest BCUT2D eigenvalue weighted by Gasteiger charge is 2.35. The van der Waals surface area contributed by atoms with Crippen molar-refractivity contribution in [1.29, 1.82) is 0 Å². The van der Waals surface area contributed by atoms with E-state index in [1.807, 2.05) is 11.0 Å². The summed E-state index contributed by atoms with van der Waals surface area (Å²) >= 11 is 0. The van der Waals surface area contributed by atoms with Gasteiger partial charge < -0.3 is 9.32 Å². The second-order valence-corrected chi connectivity index (χ2v) is 6.76. The third-order valence-electron chi connectivity index (χ3n) is 4.99. The zero-order valence-corrected chi connectivity index (χ0v) is 14.5. The molecule has 0 fully saturated rings. The zero-order chi connectivity index (χ0) is 17.4. The summed E-state index contributed by atoms with van der Waals surface area (Å²) in [6, 6.07) is 20.5. The molecule has 0 unspecified atom stereocenters. The van der Waals surface area contributed by atoms with Crippen LogP contribution < -0.4 is 4.90 Å². The largest absolute Gasteiger partial charge is 0.459 e. The second kappa shape index (κ2) is 6.25. The van der Waals surface area contributed by atoms with Gasteiger partial charge in [0.25, 0.3) is 5.91 Å². The Morgan fingerprint density at radius 2 is 1.88 bits per heavy atom. The van der Waals surface area contributed by atoms with E-state index in [4.69, 9.17) is 4.42 Å². The number of aryl methyl sites for hydroxylation is 1. The minimum absolute atomic E-state index is 0.0749. The second-order valence-electron chi connectivity index (χ2n) is 6.76. The van der Waals surface area contributed by atoms with Crippen molar-refractivity contribution in [2.75, 3.05) is 4.90 Å². The van der Waals surface area contributed by atoms with Gasteiger partial charge in [0, 0.05) is 17.6 Å².